The van der Waals surface area contributed by atoms with Crippen molar-refractivity contribution in [3.05, 3.63) is 200 Å². The van der Waals surface area contributed by atoms with Crippen LogP contribution in [0.3, 0.4) is 0 Å². The van der Waals surface area contributed by atoms with E-state index in [0.717, 1.165) is 60.5 Å². The van der Waals surface area contributed by atoms with E-state index in [2.05, 4.69) is 149 Å². The Bertz CT molecular complexity index is 3590. The van der Waals surface area contributed by atoms with E-state index in [1.54, 1.807) is 6.20 Å². The molecule has 0 unspecified atom stereocenters. The average Bonchev–Trinajstić information content (AvgIpc) is 3.86. The SMILES string of the molecule is c1ccc(-c2ccc(-c3ccc4c(c3)c3ccccc3n4-c3cc(-c4nc(-c5ccccc5)nc(-c5ccc6c(c5)oc5ncccc56)n4)cc4ccccc34)cc2)cc1. The molecule has 280 valence electrons. The van der Waals surface area contributed by atoms with E-state index >= 15 is 0 Å². The van der Waals surface area contributed by atoms with Crippen molar-refractivity contribution in [3.8, 4) is 62.1 Å². The molecule has 6 heteroatoms. The number of aromatic nitrogens is 5. The maximum atomic E-state index is 6.19. The second kappa shape index (κ2) is 13.7. The van der Waals surface area contributed by atoms with Gasteiger partial charge in [-0.3, -0.25) is 0 Å². The molecule has 12 rings (SSSR count). The van der Waals surface area contributed by atoms with Gasteiger partial charge in [-0.25, -0.2) is 19.9 Å². The number of nitrogens with zero attached hydrogens (tertiary/aromatic N) is 5. The van der Waals surface area contributed by atoms with Gasteiger partial charge >= 0.3 is 0 Å². The molecule has 0 saturated heterocycles. The number of benzene rings is 8. The molecule has 60 heavy (non-hydrogen) atoms. The normalized spacial score (nSPS) is 11.7. The van der Waals surface area contributed by atoms with Crippen molar-refractivity contribution < 1.29 is 4.42 Å². The number of fused-ring (bicyclic) bond motifs is 7. The molecule has 0 saturated carbocycles. The summed E-state index contributed by atoms with van der Waals surface area (Å²) in [6, 6.07) is 68.0. The molecule has 0 aliphatic rings. The molecular weight excluding hydrogens is 735 g/mol. The fraction of sp³-hybridized carbons (Fsp3) is 0. The van der Waals surface area contributed by atoms with E-state index in [1.807, 2.05) is 54.6 Å². The molecule has 0 aliphatic carbocycles. The molecule has 6 nitrogen and oxygen atoms in total. The molecule has 0 N–H and O–H groups in total. The fourth-order valence-electron chi connectivity index (χ4n) is 8.60. The van der Waals surface area contributed by atoms with Crippen LogP contribution in [0.25, 0.3) is 117 Å². The zero-order chi connectivity index (χ0) is 39.6. The van der Waals surface area contributed by atoms with Crippen LogP contribution in [0.2, 0.25) is 0 Å². The molecule has 0 atom stereocenters. The predicted molar refractivity (Wildman–Crippen MR) is 244 cm³/mol. The molecule has 0 spiro atoms. The highest BCUT2D eigenvalue weighted by atomic mass is 16.3. The Morgan fingerprint density at radius 2 is 0.933 bits per heavy atom. The summed E-state index contributed by atoms with van der Waals surface area (Å²) in [6.45, 7) is 0. The van der Waals surface area contributed by atoms with Crippen LogP contribution < -0.4 is 0 Å². The van der Waals surface area contributed by atoms with E-state index in [-0.39, 0.29) is 0 Å². The highest BCUT2D eigenvalue weighted by Crippen LogP contribution is 2.39. The topological polar surface area (TPSA) is 69.6 Å². The summed E-state index contributed by atoms with van der Waals surface area (Å²) >= 11 is 0. The number of rotatable bonds is 6. The average molecular weight is 768 g/mol. The summed E-state index contributed by atoms with van der Waals surface area (Å²) in [7, 11) is 0. The van der Waals surface area contributed by atoms with Crippen LogP contribution in [0.15, 0.2) is 205 Å². The minimum Gasteiger partial charge on any atom is -0.438 e. The number of furan rings is 1. The Balaban J connectivity index is 1.04. The highest BCUT2D eigenvalue weighted by molar-refractivity contribution is 6.12. The minimum atomic E-state index is 0.560. The van der Waals surface area contributed by atoms with Crippen LogP contribution in [0.1, 0.15) is 0 Å². The zero-order valence-corrected chi connectivity index (χ0v) is 32.2. The first-order valence-electron chi connectivity index (χ1n) is 20.0. The fourth-order valence-corrected chi connectivity index (χ4v) is 8.60. The molecule has 12 aromatic rings. The molecule has 4 heterocycles. The number of hydrogen-bond donors (Lipinski definition) is 0. The van der Waals surface area contributed by atoms with Gasteiger partial charge in [-0.1, -0.05) is 140 Å². The van der Waals surface area contributed by atoms with Crippen LogP contribution in [-0.4, -0.2) is 24.5 Å². The van der Waals surface area contributed by atoms with Gasteiger partial charge in [0.2, 0.25) is 5.71 Å². The third-order valence-corrected chi connectivity index (χ3v) is 11.5. The minimum absolute atomic E-state index is 0.560. The maximum absolute atomic E-state index is 6.19. The second-order valence-electron chi connectivity index (χ2n) is 15.1. The first-order chi connectivity index (χ1) is 29.7. The zero-order valence-electron chi connectivity index (χ0n) is 32.2. The van der Waals surface area contributed by atoms with Crippen LogP contribution in [0.5, 0.6) is 0 Å². The Hall–Kier alpha value is -8.22. The van der Waals surface area contributed by atoms with Crippen LogP contribution in [0, 0.1) is 0 Å². The largest absolute Gasteiger partial charge is 0.438 e. The summed E-state index contributed by atoms with van der Waals surface area (Å²) in [5.74, 6) is 1.74. The van der Waals surface area contributed by atoms with Crippen molar-refractivity contribution in [1.29, 1.82) is 0 Å². The quantitative estimate of drug-likeness (QED) is 0.168. The summed E-state index contributed by atoms with van der Waals surface area (Å²) in [5.41, 5.74) is 12.0. The first-order valence-corrected chi connectivity index (χ1v) is 20.0. The van der Waals surface area contributed by atoms with Crippen molar-refractivity contribution in [1.82, 2.24) is 24.5 Å². The third-order valence-electron chi connectivity index (χ3n) is 11.5. The van der Waals surface area contributed by atoms with Gasteiger partial charge in [0.05, 0.1) is 16.7 Å². The van der Waals surface area contributed by atoms with Gasteiger partial charge in [0, 0.05) is 49.8 Å². The Morgan fingerprint density at radius 3 is 1.73 bits per heavy atom. The summed E-state index contributed by atoms with van der Waals surface area (Å²) in [6.07, 6.45) is 1.75. The van der Waals surface area contributed by atoms with Crippen LogP contribution in [0.4, 0.5) is 0 Å². The van der Waals surface area contributed by atoms with Crippen molar-refractivity contribution in [2.75, 3.05) is 0 Å². The molecule has 8 aromatic carbocycles. The smallest absolute Gasteiger partial charge is 0.227 e. The first kappa shape index (κ1) is 33.9. The third kappa shape index (κ3) is 5.65. The van der Waals surface area contributed by atoms with E-state index < -0.39 is 0 Å². The van der Waals surface area contributed by atoms with Gasteiger partial charge in [0.15, 0.2) is 17.5 Å². The summed E-state index contributed by atoms with van der Waals surface area (Å²) < 4.78 is 8.58. The lowest BCUT2D eigenvalue weighted by Gasteiger charge is -2.15. The van der Waals surface area contributed by atoms with Gasteiger partial charge in [-0.05, 0) is 82.2 Å². The molecule has 0 radical (unpaired) electrons. The lowest BCUT2D eigenvalue weighted by Crippen LogP contribution is -2.02. The lowest BCUT2D eigenvalue weighted by molar-refractivity contribution is 0.654. The standard InChI is InChI=1S/C54H33N5O/c1-3-12-34(13-4-1)35-21-23-36(24-22-35)38-26-28-48-46(31-38)43-18-9-10-20-47(43)59(48)49-32-41(30-39-16-7-8-17-42(39)49)53-57-51(37-14-5-2-6-15-37)56-52(58-53)40-25-27-44-45-19-11-29-55-54(45)60-50(44)33-40/h1-33H. The van der Waals surface area contributed by atoms with Crippen LogP contribution in [-0.2, 0) is 0 Å². The van der Waals surface area contributed by atoms with Gasteiger partial charge in [0.25, 0.3) is 0 Å². The van der Waals surface area contributed by atoms with E-state index in [4.69, 9.17) is 19.4 Å². The monoisotopic (exact) mass is 767 g/mol. The number of pyridine rings is 1. The molecule has 0 aliphatic heterocycles. The highest BCUT2D eigenvalue weighted by Gasteiger charge is 2.19. The molecule has 0 amide bonds. The van der Waals surface area contributed by atoms with Gasteiger partial charge in [0.1, 0.15) is 5.58 Å². The van der Waals surface area contributed by atoms with Gasteiger partial charge in [-0.2, -0.15) is 0 Å². The van der Waals surface area contributed by atoms with Crippen molar-refractivity contribution in [2.45, 2.75) is 0 Å². The summed E-state index contributed by atoms with van der Waals surface area (Å²) in [4.78, 5) is 19.8. The van der Waals surface area contributed by atoms with E-state index in [0.29, 0.717) is 23.2 Å². The van der Waals surface area contributed by atoms with Gasteiger partial charge < -0.3 is 8.98 Å². The Labute approximate surface area is 344 Å². The predicted octanol–water partition coefficient (Wildman–Crippen LogP) is 13.8. The molecular formula is C54H33N5O. The van der Waals surface area contributed by atoms with Crippen molar-refractivity contribution in [2.24, 2.45) is 0 Å². The second-order valence-corrected chi connectivity index (χ2v) is 15.1. The molecule has 0 bridgehead atoms. The summed E-state index contributed by atoms with van der Waals surface area (Å²) in [5, 5.41) is 6.57. The molecule has 4 aromatic heterocycles. The van der Waals surface area contributed by atoms with E-state index in [9.17, 15) is 0 Å². The van der Waals surface area contributed by atoms with Crippen molar-refractivity contribution in [3.63, 3.8) is 0 Å². The Kier molecular flexibility index (Phi) is 7.74. The van der Waals surface area contributed by atoms with Gasteiger partial charge in [-0.15, -0.1) is 0 Å². The Morgan fingerprint density at radius 1 is 0.350 bits per heavy atom. The van der Waals surface area contributed by atoms with Crippen LogP contribution >= 0.6 is 0 Å². The van der Waals surface area contributed by atoms with Crippen molar-refractivity contribution >= 4 is 54.6 Å². The lowest BCUT2D eigenvalue weighted by atomic mass is 9.99. The maximum Gasteiger partial charge on any atom is 0.227 e. The number of para-hydroxylation sites is 1. The van der Waals surface area contributed by atoms with E-state index in [1.165, 1.54) is 33.0 Å². The molecule has 0 fully saturated rings. The number of hydrogen-bond acceptors (Lipinski definition) is 5.